The van der Waals surface area contributed by atoms with Crippen LogP contribution < -0.4 is 0 Å². The van der Waals surface area contributed by atoms with E-state index in [0.29, 0.717) is 0 Å². The fourth-order valence-corrected chi connectivity index (χ4v) is 2.07. The summed E-state index contributed by atoms with van der Waals surface area (Å²) in [5.41, 5.74) is 5.04. The molecule has 0 fully saturated rings. The molecular weight excluding hydrogens is 194 g/mol. The Bertz CT molecular complexity index is 554. The number of hydrogen-bond acceptors (Lipinski definition) is 3. The van der Waals surface area contributed by atoms with Gasteiger partial charge in [0.05, 0.1) is 16.6 Å². The summed E-state index contributed by atoms with van der Waals surface area (Å²) in [5, 5.41) is 8.13. The summed E-state index contributed by atoms with van der Waals surface area (Å²) in [7, 11) is 0. The normalized spacial score (nSPS) is 10.9. The first kappa shape index (κ1) is 7.70. The molecule has 4 heteroatoms. The molecule has 0 aliphatic heterocycles. The summed E-state index contributed by atoms with van der Waals surface area (Å²) >= 11 is 1.51. The van der Waals surface area contributed by atoms with E-state index in [-0.39, 0.29) is 0 Å². The van der Waals surface area contributed by atoms with E-state index in [1.165, 1.54) is 11.3 Å². The Hall–Kier alpha value is -1.68. The summed E-state index contributed by atoms with van der Waals surface area (Å²) < 4.78 is 0. The molecule has 0 aliphatic carbocycles. The van der Waals surface area contributed by atoms with Crippen LogP contribution in [-0.4, -0.2) is 15.2 Å². The molecule has 2 aromatic heterocycles. The van der Waals surface area contributed by atoms with Gasteiger partial charge in [-0.1, -0.05) is 18.2 Å². The fraction of sp³-hybridized carbons (Fsp3) is 0. The van der Waals surface area contributed by atoms with Crippen LogP contribution in [0.4, 0.5) is 0 Å². The van der Waals surface area contributed by atoms with Crippen LogP contribution in [0.2, 0.25) is 0 Å². The van der Waals surface area contributed by atoms with Crippen LogP contribution in [0.1, 0.15) is 0 Å². The highest BCUT2D eigenvalue weighted by Gasteiger charge is 2.05. The Morgan fingerprint density at radius 2 is 2.29 bits per heavy atom. The molecule has 0 unspecified atom stereocenters. The number of nitrogens with one attached hydrogen (secondary N) is 1. The summed E-state index contributed by atoms with van der Waals surface area (Å²) in [4.78, 5) is 5.06. The third kappa shape index (κ3) is 1.04. The molecule has 0 aliphatic rings. The van der Waals surface area contributed by atoms with Gasteiger partial charge in [0, 0.05) is 17.1 Å². The van der Waals surface area contributed by atoms with Crippen molar-refractivity contribution in [3.63, 3.8) is 0 Å². The molecule has 1 radical (unpaired) electrons. The van der Waals surface area contributed by atoms with Gasteiger partial charge >= 0.3 is 0 Å². The van der Waals surface area contributed by atoms with Crippen LogP contribution in [0.5, 0.6) is 0 Å². The number of fused-ring (bicyclic) bond motifs is 1. The second kappa shape index (κ2) is 2.92. The van der Waals surface area contributed by atoms with Crippen LogP contribution in [-0.2, 0) is 0 Å². The molecule has 2 heterocycles. The Kier molecular flexibility index (Phi) is 1.61. The average molecular weight is 200 g/mol. The highest BCUT2D eigenvalue weighted by atomic mass is 32.1. The zero-order valence-corrected chi connectivity index (χ0v) is 8.01. The maximum absolute atomic E-state index is 4.02. The molecule has 14 heavy (non-hydrogen) atoms. The molecule has 0 bridgehead atoms. The molecule has 67 valence electrons. The Morgan fingerprint density at radius 3 is 3.14 bits per heavy atom. The average Bonchev–Trinajstić information content (AvgIpc) is 2.88. The van der Waals surface area contributed by atoms with E-state index in [2.05, 4.69) is 26.8 Å². The maximum atomic E-state index is 4.02. The number of aromatic amines is 1. The molecular formula is C10H6N3S. The van der Waals surface area contributed by atoms with E-state index in [1.807, 2.05) is 24.5 Å². The Labute approximate surface area is 84.4 Å². The van der Waals surface area contributed by atoms with E-state index in [4.69, 9.17) is 0 Å². The van der Waals surface area contributed by atoms with Crippen LogP contribution in [0.25, 0.3) is 21.3 Å². The van der Waals surface area contributed by atoms with Crippen molar-refractivity contribution in [2.24, 2.45) is 0 Å². The van der Waals surface area contributed by atoms with Gasteiger partial charge in [0.25, 0.3) is 0 Å². The minimum Gasteiger partial charge on any atom is -0.277 e. The second-order valence-corrected chi connectivity index (χ2v) is 3.78. The number of aromatic nitrogens is 3. The van der Waals surface area contributed by atoms with E-state index in [1.54, 1.807) is 0 Å². The zero-order valence-electron chi connectivity index (χ0n) is 7.19. The first-order chi connectivity index (χ1) is 6.95. The van der Waals surface area contributed by atoms with Gasteiger partial charge < -0.3 is 0 Å². The van der Waals surface area contributed by atoms with Crippen molar-refractivity contribution >= 4 is 22.2 Å². The molecule has 1 N–H and O–H groups in total. The number of H-pyrrole nitrogens is 1. The summed E-state index contributed by atoms with van der Waals surface area (Å²) in [6, 6.07) is 6.11. The molecule has 0 saturated carbocycles. The zero-order chi connectivity index (χ0) is 9.38. The van der Waals surface area contributed by atoms with Crippen LogP contribution in [0.3, 0.4) is 0 Å². The van der Waals surface area contributed by atoms with Gasteiger partial charge in [0.15, 0.2) is 5.51 Å². The van der Waals surface area contributed by atoms with Gasteiger partial charge in [0.1, 0.15) is 0 Å². The molecule has 1 aromatic carbocycles. The van der Waals surface area contributed by atoms with E-state index < -0.39 is 0 Å². The lowest BCUT2D eigenvalue weighted by Gasteiger charge is -1.97. The maximum Gasteiger partial charge on any atom is 0.152 e. The molecule has 3 nitrogen and oxygen atoms in total. The predicted octanol–water partition coefficient (Wildman–Crippen LogP) is 2.49. The van der Waals surface area contributed by atoms with Crippen molar-refractivity contribution in [1.82, 2.24) is 15.2 Å². The molecule has 0 atom stereocenters. The van der Waals surface area contributed by atoms with E-state index in [0.717, 1.165) is 21.3 Å². The second-order valence-electron chi connectivity index (χ2n) is 2.96. The summed E-state index contributed by atoms with van der Waals surface area (Å²) in [5.74, 6) is 0. The van der Waals surface area contributed by atoms with Gasteiger partial charge in [-0.15, -0.1) is 11.3 Å². The first-order valence-electron chi connectivity index (χ1n) is 4.19. The molecule has 3 rings (SSSR count). The lowest BCUT2D eigenvalue weighted by Crippen LogP contribution is -1.76. The van der Waals surface area contributed by atoms with Crippen molar-refractivity contribution < 1.29 is 0 Å². The number of nitrogens with zero attached hydrogens (tertiary/aromatic N) is 2. The van der Waals surface area contributed by atoms with Gasteiger partial charge in [-0.05, 0) is 0 Å². The topological polar surface area (TPSA) is 41.6 Å². The number of hydrogen-bond donors (Lipinski definition) is 1. The summed E-state index contributed by atoms with van der Waals surface area (Å²) in [6.45, 7) is 0. The molecule has 0 amide bonds. The quantitative estimate of drug-likeness (QED) is 0.655. The largest absolute Gasteiger partial charge is 0.277 e. The third-order valence-corrected chi connectivity index (χ3v) is 2.87. The van der Waals surface area contributed by atoms with Crippen molar-refractivity contribution in [3.05, 3.63) is 36.1 Å². The number of thiazole rings is 1. The predicted molar refractivity (Wildman–Crippen MR) is 56.0 cm³/mol. The lowest BCUT2D eigenvalue weighted by atomic mass is 10.1. The highest BCUT2D eigenvalue weighted by Crippen LogP contribution is 2.28. The van der Waals surface area contributed by atoms with Gasteiger partial charge in [-0.2, -0.15) is 5.10 Å². The lowest BCUT2D eigenvalue weighted by molar-refractivity contribution is 1.12. The monoisotopic (exact) mass is 200 g/mol. The van der Waals surface area contributed by atoms with Crippen LogP contribution >= 0.6 is 11.3 Å². The van der Waals surface area contributed by atoms with Crippen molar-refractivity contribution in [3.8, 4) is 10.4 Å². The van der Waals surface area contributed by atoms with Crippen LogP contribution in [0.15, 0.2) is 30.6 Å². The third-order valence-electron chi connectivity index (χ3n) is 2.13. The Balaban J connectivity index is 2.36. The Morgan fingerprint density at radius 1 is 1.29 bits per heavy atom. The van der Waals surface area contributed by atoms with Gasteiger partial charge in [-0.25, -0.2) is 4.98 Å². The summed E-state index contributed by atoms with van der Waals surface area (Å²) in [6.07, 6.45) is 3.64. The number of para-hydroxylation sites is 1. The number of rotatable bonds is 1. The van der Waals surface area contributed by atoms with E-state index in [9.17, 15) is 0 Å². The van der Waals surface area contributed by atoms with Gasteiger partial charge in [0.2, 0.25) is 0 Å². The highest BCUT2D eigenvalue weighted by molar-refractivity contribution is 7.12. The van der Waals surface area contributed by atoms with Crippen molar-refractivity contribution in [2.75, 3.05) is 0 Å². The molecule has 0 spiro atoms. The van der Waals surface area contributed by atoms with Gasteiger partial charge in [-0.3, -0.25) is 5.10 Å². The van der Waals surface area contributed by atoms with Crippen molar-refractivity contribution in [2.45, 2.75) is 0 Å². The van der Waals surface area contributed by atoms with Crippen molar-refractivity contribution in [1.29, 1.82) is 0 Å². The molecule has 3 aromatic rings. The van der Waals surface area contributed by atoms with E-state index >= 15 is 0 Å². The fourth-order valence-electron chi connectivity index (χ4n) is 1.49. The SMILES string of the molecule is [c]1ncc(-c2cccc3cn[nH]c23)s1. The standard InChI is InChI=1S/C10H6N3S/c1-2-7-4-12-13-10(7)8(3-1)9-5-11-6-14-9/h1-5H,(H,12,13). The van der Waals surface area contributed by atoms with Crippen LogP contribution in [0, 0.1) is 5.51 Å². The minimum absolute atomic E-state index is 1.06. The molecule has 0 saturated heterocycles. The number of benzene rings is 1. The smallest absolute Gasteiger partial charge is 0.152 e. The first-order valence-corrected chi connectivity index (χ1v) is 5.01. The minimum atomic E-state index is 1.06.